The van der Waals surface area contributed by atoms with Crippen LogP contribution in [0.2, 0.25) is 0 Å². The van der Waals surface area contributed by atoms with Crippen LogP contribution in [0.1, 0.15) is 18.9 Å². The highest BCUT2D eigenvalue weighted by Crippen LogP contribution is 2.18. The summed E-state index contributed by atoms with van der Waals surface area (Å²) in [6.07, 6.45) is 0.739. The van der Waals surface area contributed by atoms with E-state index in [9.17, 15) is 13.2 Å². The maximum absolute atomic E-state index is 11.4. The van der Waals surface area contributed by atoms with Crippen molar-refractivity contribution in [2.75, 3.05) is 23.4 Å². The zero-order valence-corrected chi connectivity index (χ0v) is 12.4. The lowest BCUT2D eigenvalue weighted by Crippen LogP contribution is -2.24. The zero-order valence-electron chi connectivity index (χ0n) is 11.6. The number of amides is 1. The van der Waals surface area contributed by atoms with Crippen LogP contribution in [0.15, 0.2) is 24.3 Å². The number of anilines is 1. The van der Waals surface area contributed by atoms with Gasteiger partial charge in [0.25, 0.3) is 0 Å². The van der Waals surface area contributed by atoms with Crippen molar-refractivity contribution in [2.45, 2.75) is 19.9 Å². The summed E-state index contributed by atoms with van der Waals surface area (Å²) in [7, 11) is -2.81. The Balaban J connectivity index is 1.87. The van der Waals surface area contributed by atoms with Crippen molar-refractivity contribution >= 4 is 21.4 Å². The van der Waals surface area contributed by atoms with Crippen LogP contribution in [0.25, 0.3) is 0 Å². The van der Waals surface area contributed by atoms with Gasteiger partial charge >= 0.3 is 0 Å². The van der Waals surface area contributed by atoms with Gasteiger partial charge in [0.1, 0.15) is 0 Å². The molecule has 20 heavy (non-hydrogen) atoms. The number of rotatable bonds is 5. The highest BCUT2D eigenvalue weighted by molar-refractivity contribution is 7.91. The molecule has 5 nitrogen and oxygen atoms in total. The Bertz CT molecular complexity index is 584. The van der Waals surface area contributed by atoms with Crippen LogP contribution in [0.3, 0.4) is 0 Å². The molecule has 1 heterocycles. The van der Waals surface area contributed by atoms with Crippen LogP contribution in [-0.2, 0) is 21.2 Å². The number of para-hydroxylation sites is 1. The average molecular weight is 296 g/mol. The lowest BCUT2D eigenvalue weighted by molar-refractivity contribution is -0.114. The van der Waals surface area contributed by atoms with Crippen molar-refractivity contribution in [2.24, 2.45) is 5.92 Å². The van der Waals surface area contributed by atoms with E-state index in [-0.39, 0.29) is 17.6 Å². The predicted molar refractivity (Wildman–Crippen MR) is 79.2 cm³/mol. The molecular weight excluding hydrogens is 276 g/mol. The van der Waals surface area contributed by atoms with Crippen LogP contribution >= 0.6 is 0 Å². The van der Waals surface area contributed by atoms with Crippen LogP contribution in [0.5, 0.6) is 0 Å². The van der Waals surface area contributed by atoms with E-state index in [1.54, 1.807) is 0 Å². The fraction of sp³-hybridized carbons (Fsp3) is 0.500. The van der Waals surface area contributed by atoms with E-state index in [0.717, 1.165) is 17.7 Å². The summed E-state index contributed by atoms with van der Waals surface area (Å²) in [4.78, 5) is 11.1. The number of benzene rings is 1. The third kappa shape index (κ3) is 4.31. The van der Waals surface area contributed by atoms with Gasteiger partial charge in [-0.1, -0.05) is 18.2 Å². The molecule has 0 aromatic heterocycles. The number of hydrogen-bond acceptors (Lipinski definition) is 4. The van der Waals surface area contributed by atoms with Crippen molar-refractivity contribution in [3.05, 3.63) is 29.8 Å². The minimum absolute atomic E-state index is 0.0978. The van der Waals surface area contributed by atoms with Gasteiger partial charge in [0.2, 0.25) is 5.91 Å². The molecule has 6 heteroatoms. The summed E-state index contributed by atoms with van der Waals surface area (Å²) in [6, 6.07) is 7.60. The second-order valence-electron chi connectivity index (χ2n) is 5.24. The largest absolute Gasteiger partial charge is 0.326 e. The minimum atomic E-state index is -2.81. The molecule has 2 N–H and O–H groups in total. The first-order valence-corrected chi connectivity index (χ1v) is 8.55. The zero-order chi connectivity index (χ0) is 14.6. The van der Waals surface area contributed by atoms with Crippen LogP contribution in [-0.4, -0.2) is 32.4 Å². The number of hydrogen-bond donors (Lipinski definition) is 2. The number of nitrogens with one attached hydrogen (secondary N) is 2. The highest BCUT2D eigenvalue weighted by Gasteiger charge is 2.27. The van der Waals surface area contributed by atoms with E-state index in [4.69, 9.17) is 0 Å². The Kier molecular flexibility index (Phi) is 4.77. The molecule has 0 saturated carbocycles. The maximum Gasteiger partial charge on any atom is 0.221 e. The fourth-order valence-corrected chi connectivity index (χ4v) is 4.29. The summed E-state index contributed by atoms with van der Waals surface area (Å²) in [5.74, 6) is 0.696. The molecule has 1 aliphatic heterocycles. The van der Waals surface area contributed by atoms with E-state index in [0.29, 0.717) is 18.8 Å². The molecule has 0 spiro atoms. The molecule has 1 aliphatic rings. The van der Waals surface area contributed by atoms with Crippen molar-refractivity contribution in [3.63, 3.8) is 0 Å². The van der Waals surface area contributed by atoms with E-state index in [1.807, 2.05) is 24.3 Å². The Morgan fingerprint density at radius 1 is 1.35 bits per heavy atom. The normalized spacial score (nSPS) is 20.8. The second-order valence-corrected chi connectivity index (χ2v) is 7.47. The van der Waals surface area contributed by atoms with Gasteiger partial charge in [-0.15, -0.1) is 0 Å². The van der Waals surface area contributed by atoms with Crippen molar-refractivity contribution in [3.8, 4) is 0 Å². The molecule has 1 atom stereocenters. The monoisotopic (exact) mass is 296 g/mol. The van der Waals surface area contributed by atoms with Gasteiger partial charge in [-0.2, -0.15) is 0 Å². The van der Waals surface area contributed by atoms with E-state index in [2.05, 4.69) is 10.6 Å². The summed E-state index contributed by atoms with van der Waals surface area (Å²) in [5, 5.41) is 6.07. The Morgan fingerprint density at radius 2 is 2.10 bits per heavy atom. The summed E-state index contributed by atoms with van der Waals surface area (Å²) >= 11 is 0. The molecule has 0 radical (unpaired) electrons. The van der Waals surface area contributed by atoms with Gasteiger partial charge in [0.15, 0.2) is 9.84 Å². The molecule has 1 aromatic rings. The van der Waals surface area contributed by atoms with E-state index >= 15 is 0 Å². The van der Waals surface area contributed by atoms with Gasteiger partial charge in [-0.3, -0.25) is 4.79 Å². The van der Waals surface area contributed by atoms with Crippen LogP contribution in [0.4, 0.5) is 5.69 Å². The molecule has 110 valence electrons. The van der Waals surface area contributed by atoms with Crippen molar-refractivity contribution in [1.29, 1.82) is 0 Å². The van der Waals surface area contributed by atoms with Gasteiger partial charge in [0.05, 0.1) is 11.5 Å². The van der Waals surface area contributed by atoms with Crippen molar-refractivity contribution in [1.82, 2.24) is 5.32 Å². The van der Waals surface area contributed by atoms with Crippen LogP contribution < -0.4 is 10.6 Å². The standard InChI is InChI=1S/C14H20N2O3S/c1-11(17)16-14-5-3-2-4-13(14)9-15-8-12-6-7-20(18,19)10-12/h2-5,12,15H,6-10H2,1H3,(H,16,17). The van der Waals surface area contributed by atoms with Gasteiger partial charge in [-0.25, -0.2) is 8.42 Å². The molecular formula is C14H20N2O3S. The quantitative estimate of drug-likeness (QED) is 0.855. The van der Waals surface area contributed by atoms with Crippen molar-refractivity contribution < 1.29 is 13.2 Å². The Morgan fingerprint density at radius 3 is 2.75 bits per heavy atom. The molecule has 1 saturated heterocycles. The molecule has 0 aliphatic carbocycles. The lowest BCUT2D eigenvalue weighted by atomic mass is 10.1. The van der Waals surface area contributed by atoms with Gasteiger partial charge < -0.3 is 10.6 Å². The second kappa shape index (κ2) is 6.37. The predicted octanol–water partition coefficient (Wildman–Crippen LogP) is 1.17. The smallest absolute Gasteiger partial charge is 0.221 e. The molecule has 1 amide bonds. The number of carbonyl (C=O) groups excluding carboxylic acids is 1. The summed E-state index contributed by atoms with van der Waals surface area (Å²) in [6.45, 7) is 2.79. The third-order valence-corrected chi connectivity index (χ3v) is 5.24. The lowest BCUT2D eigenvalue weighted by Gasteiger charge is -2.13. The maximum atomic E-state index is 11.4. The molecule has 1 fully saturated rings. The average Bonchev–Trinajstić information content (AvgIpc) is 2.70. The first-order valence-electron chi connectivity index (χ1n) is 6.73. The topological polar surface area (TPSA) is 75.3 Å². The fourth-order valence-electron chi connectivity index (χ4n) is 2.43. The summed E-state index contributed by atoms with van der Waals surface area (Å²) in [5.41, 5.74) is 1.80. The third-order valence-electron chi connectivity index (χ3n) is 3.40. The molecule has 1 aromatic carbocycles. The van der Waals surface area contributed by atoms with Crippen LogP contribution in [0, 0.1) is 5.92 Å². The van der Waals surface area contributed by atoms with E-state index < -0.39 is 9.84 Å². The molecule has 1 unspecified atom stereocenters. The Labute approximate surface area is 119 Å². The minimum Gasteiger partial charge on any atom is -0.326 e. The van der Waals surface area contributed by atoms with Gasteiger partial charge in [-0.05, 0) is 30.5 Å². The van der Waals surface area contributed by atoms with E-state index in [1.165, 1.54) is 6.92 Å². The first kappa shape index (κ1) is 15.0. The SMILES string of the molecule is CC(=O)Nc1ccccc1CNCC1CCS(=O)(=O)C1. The molecule has 0 bridgehead atoms. The van der Waals surface area contributed by atoms with Gasteiger partial charge in [0, 0.05) is 19.2 Å². The molecule has 2 rings (SSSR count). The Hall–Kier alpha value is -1.40. The number of sulfone groups is 1. The summed E-state index contributed by atoms with van der Waals surface area (Å²) < 4.78 is 22.7. The number of carbonyl (C=O) groups is 1. The first-order chi connectivity index (χ1) is 9.46. The highest BCUT2D eigenvalue weighted by atomic mass is 32.2.